The average Bonchev–Trinajstić information content (AvgIpc) is 2.74. The molecule has 0 fully saturated rings. The third-order valence-corrected chi connectivity index (χ3v) is 3.56. The van der Waals surface area contributed by atoms with Crippen LogP contribution in [0.15, 0.2) is 48.7 Å². The van der Waals surface area contributed by atoms with Crippen LogP contribution in [0.3, 0.4) is 0 Å². The first-order chi connectivity index (χ1) is 9.63. The van der Waals surface area contributed by atoms with Gasteiger partial charge in [-0.15, -0.1) is 0 Å². The summed E-state index contributed by atoms with van der Waals surface area (Å²) in [5, 5.41) is 1.87. The number of benzene rings is 2. The standard InChI is InChI=1S/C16H15ClN2O/c1-19-9-11(15-7-4-13(18)8-16(15)19)10-20-14-5-2-12(17)3-6-14/h2-9H,10,18H2,1H3. The number of hydrogen-bond donors (Lipinski definition) is 1. The highest BCUT2D eigenvalue weighted by atomic mass is 35.5. The van der Waals surface area contributed by atoms with E-state index in [-0.39, 0.29) is 0 Å². The maximum Gasteiger partial charge on any atom is 0.119 e. The lowest BCUT2D eigenvalue weighted by atomic mass is 10.2. The normalized spacial score (nSPS) is 10.9. The number of anilines is 1. The molecule has 0 radical (unpaired) electrons. The number of ether oxygens (including phenoxy) is 1. The summed E-state index contributed by atoms with van der Waals surface area (Å²) < 4.78 is 7.86. The summed E-state index contributed by atoms with van der Waals surface area (Å²) in [4.78, 5) is 0. The van der Waals surface area contributed by atoms with Crippen molar-refractivity contribution < 1.29 is 4.74 Å². The Morgan fingerprint density at radius 3 is 2.65 bits per heavy atom. The van der Waals surface area contributed by atoms with E-state index in [0.29, 0.717) is 11.6 Å². The van der Waals surface area contributed by atoms with E-state index in [1.165, 1.54) is 0 Å². The van der Waals surface area contributed by atoms with E-state index in [1.807, 2.05) is 49.5 Å². The molecule has 4 heteroatoms. The highest BCUT2D eigenvalue weighted by Gasteiger charge is 2.07. The number of halogens is 1. The first kappa shape index (κ1) is 12.9. The molecule has 0 bridgehead atoms. The molecule has 3 aromatic rings. The topological polar surface area (TPSA) is 40.2 Å². The van der Waals surface area contributed by atoms with Gasteiger partial charge in [-0.3, -0.25) is 0 Å². The van der Waals surface area contributed by atoms with Crippen LogP contribution in [0.2, 0.25) is 5.02 Å². The van der Waals surface area contributed by atoms with Gasteiger partial charge in [-0.2, -0.15) is 0 Å². The summed E-state index contributed by atoms with van der Waals surface area (Å²) in [5.74, 6) is 0.807. The second kappa shape index (κ2) is 5.10. The van der Waals surface area contributed by atoms with Crippen molar-refractivity contribution in [3.05, 3.63) is 59.2 Å². The van der Waals surface area contributed by atoms with E-state index in [4.69, 9.17) is 22.1 Å². The molecular formula is C16H15ClN2O. The maximum absolute atomic E-state index is 5.85. The summed E-state index contributed by atoms with van der Waals surface area (Å²) in [7, 11) is 2.01. The Hall–Kier alpha value is -2.13. The molecule has 2 aromatic carbocycles. The van der Waals surface area contributed by atoms with E-state index >= 15 is 0 Å². The Labute approximate surface area is 122 Å². The van der Waals surface area contributed by atoms with Gasteiger partial charge in [-0.25, -0.2) is 0 Å². The molecular weight excluding hydrogens is 272 g/mol. The number of aromatic nitrogens is 1. The van der Waals surface area contributed by atoms with E-state index in [1.54, 1.807) is 0 Å². The summed E-state index contributed by atoms with van der Waals surface area (Å²) in [6, 6.07) is 13.3. The van der Waals surface area contributed by atoms with E-state index in [9.17, 15) is 0 Å². The lowest BCUT2D eigenvalue weighted by molar-refractivity contribution is 0.307. The van der Waals surface area contributed by atoms with Crippen LogP contribution in [-0.4, -0.2) is 4.57 Å². The predicted molar refractivity (Wildman–Crippen MR) is 83.1 cm³/mol. The van der Waals surface area contributed by atoms with Crippen LogP contribution >= 0.6 is 11.6 Å². The molecule has 0 aliphatic heterocycles. The third kappa shape index (κ3) is 2.45. The van der Waals surface area contributed by atoms with Gasteiger partial charge >= 0.3 is 0 Å². The molecule has 1 aromatic heterocycles. The smallest absolute Gasteiger partial charge is 0.119 e. The minimum atomic E-state index is 0.517. The summed E-state index contributed by atoms with van der Waals surface area (Å²) in [6.45, 7) is 0.517. The molecule has 2 N–H and O–H groups in total. The van der Waals surface area contributed by atoms with Crippen LogP contribution in [0.25, 0.3) is 10.9 Å². The van der Waals surface area contributed by atoms with Crippen molar-refractivity contribution in [2.75, 3.05) is 5.73 Å². The van der Waals surface area contributed by atoms with Gasteiger partial charge in [0, 0.05) is 34.9 Å². The molecule has 3 rings (SSSR count). The van der Waals surface area contributed by atoms with Crippen LogP contribution in [0.1, 0.15) is 5.56 Å². The van der Waals surface area contributed by atoms with Gasteiger partial charge < -0.3 is 15.0 Å². The van der Waals surface area contributed by atoms with Crippen molar-refractivity contribution in [2.24, 2.45) is 7.05 Å². The van der Waals surface area contributed by atoms with Gasteiger partial charge in [0.1, 0.15) is 12.4 Å². The van der Waals surface area contributed by atoms with Gasteiger partial charge in [0.25, 0.3) is 0 Å². The molecule has 1 heterocycles. The zero-order chi connectivity index (χ0) is 14.1. The third-order valence-electron chi connectivity index (χ3n) is 3.31. The van der Waals surface area contributed by atoms with Gasteiger partial charge in [-0.1, -0.05) is 17.7 Å². The minimum Gasteiger partial charge on any atom is -0.489 e. The number of nitrogens with two attached hydrogens (primary N) is 1. The van der Waals surface area contributed by atoms with Crippen LogP contribution < -0.4 is 10.5 Å². The summed E-state index contributed by atoms with van der Waals surface area (Å²) >= 11 is 5.85. The van der Waals surface area contributed by atoms with Crippen molar-refractivity contribution in [2.45, 2.75) is 6.61 Å². The fourth-order valence-corrected chi connectivity index (χ4v) is 2.42. The molecule has 0 amide bonds. The van der Waals surface area contributed by atoms with Crippen LogP contribution in [0, 0.1) is 0 Å². The summed E-state index contributed by atoms with van der Waals surface area (Å²) in [5.41, 5.74) is 8.84. The zero-order valence-electron chi connectivity index (χ0n) is 11.1. The van der Waals surface area contributed by atoms with Gasteiger partial charge in [-0.05, 0) is 36.4 Å². The lowest BCUT2D eigenvalue weighted by Crippen LogP contribution is -1.94. The number of rotatable bonds is 3. The van der Waals surface area contributed by atoms with Crippen molar-refractivity contribution >= 4 is 28.2 Å². The number of fused-ring (bicyclic) bond motifs is 1. The average molecular weight is 287 g/mol. The molecule has 3 nitrogen and oxygen atoms in total. The highest BCUT2D eigenvalue weighted by Crippen LogP contribution is 2.24. The fourth-order valence-electron chi connectivity index (χ4n) is 2.29. The van der Waals surface area contributed by atoms with E-state index in [0.717, 1.165) is 27.9 Å². The molecule has 0 saturated heterocycles. The Balaban J connectivity index is 1.86. The number of nitrogens with zero attached hydrogens (tertiary/aromatic N) is 1. The van der Waals surface area contributed by atoms with Gasteiger partial charge in [0.15, 0.2) is 0 Å². The van der Waals surface area contributed by atoms with Crippen molar-refractivity contribution in [3.8, 4) is 5.75 Å². The Morgan fingerprint density at radius 1 is 1.15 bits per heavy atom. The minimum absolute atomic E-state index is 0.517. The molecule has 0 spiro atoms. The maximum atomic E-state index is 5.85. The Kier molecular flexibility index (Phi) is 3.28. The number of hydrogen-bond acceptors (Lipinski definition) is 2. The Bertz CT molecular complexity index is 747. The Morgan fingerprint density at radius 2 is 1.90 bits per heavy atom. The van der Waals surface area contributed by atoms with Crippen LogP contribution in [0.4, 0.5) is 5.69 Å². The van der Waals surface area contributed by atoms with E-state index in [2.05, 4.69) is 10.8 Å². The monoisotopic (exact) mass is 286 g/mol. The fraction of sp³-hybridized carbons (Fsp3) is 0.125. The number of nitrogen functional groups attached to an aromatic ring is 1. The number of aryl methyl sites for hydroxylation is 1. The first-order valence-corrected chi connectivity index (χ1v) is 6.73. The quantitative estimate of drug-likeness (QED) is 0.740. The van der Waals surface area contributed by atoms with Crippen molar-refractivity contribution in [1.29, 1.82) is 0 Å². The van der Waals surface area contributed by atoms with Crippen LogP contribution in [0.5, 0.6) is 5.75 Å². The molecule has 0 aliphatic carbocycles. The zero-order valence-corrected chi connectivity index (χ0v) is 11.9. The second-order valence-corrected chi connectivity index (χ2v) is 5.22. The van der Waals surface area contributed by atoms with Crippen molar-refractivity contribution in [3.63, 3.8) is 0 Å². The van der Waals surface area contributed by atoms with Gasteiger partial charge in [0.05, 0.1) is 5.52 Å². The first-order valence-electron chi connectivity index (χ1n) is 6.35. The molecule has 102 valence electrons. The van der Waals surface area contributed by atoms with E-state index < -0.39 is 0 Å². The lowest BCUT2D eigenvalue weighted by Gasteiger charge is -2.05. The second-order valence-electron chi connectivity index (χ2n) is 4.78. The predicted octanol–water partition coefficient (Wildman–Crippen LogP) is 3.99. The van der Waals surface area contributed by atoms with Crippen molar-refractivity contribution in [1.82, 2.24) is 4.57 Å². The van der Waals surface area contributed by atoms with Gasteiger partial charge in [0.2, 0.25) is 0 Å². The largest absolute Gasteiger partial charge is 0.489 e. The molecule has 0 saturated carbocycles. The molecule has 0 unspecified atom stereocenters. The summed E-state index contributed by atoms with van der Waals surface area (Å²) in [6.07, 6.45) is 2.07. The highest BCUT2D eigenvalue weighted by molar-refractivity contribution is 6.30. The molecule has 0 aliphatic rings. The SMILES string of the molecule is Cn1cc(COc2ccc(Cl)cc2)c2ccc(N)cc21. The molecule has 0 atom stereocenters. The molecule has 20 heavy (non-hydrogen) atoms. The van der Waals surface area contributed by atoms with Crippen LogP contribution in [-0.2, 0) is 13.7 Å².